The van der Waals surface area contributed by atoms with Gasteiger partial charge in [0, 0.05) is 18.6 Å². The summed E-state index contributed by atoms with van der Waals surface area (Å²) in [5, 5.41) is 9.26. The molecule has 0 unspecified atom stereocenters. The molecule has 2 aromatic rings. The molecule has 0 spiro atoms. The minimum atomic E-state index is -0.293. The number of hydrogen-bond acceptors (Lipinski definition) is 4. The number of carbonyl (C=O) groups is 1. The van der Waals surface area contributed by atoms with Crippen LogP contribution in [0.3, 0.4) is 0 Å². The minimum Gasteiger partial charge on any atom is -0.339 e. The van der Waals surface area contributed by atoms with Crippen LogP contribution in [-0.4, -0.2) is 43.9 Å². The average Bonchev–Trinajstić information content (AvgIpc) is 3.46. The zero-order valence-corrected chi connectivity index (χ0v) is 16.4. The Hall–Kier alpha value is -1.89. The van der Waals surface area contributed by atoms with Crippen LogP contribution in [0.5, 0.6) is 0 Å². The van der Waals surface area contributed by atoms with Crippen LogP contribution >= 0.6 is 11.8 Å². The summed E-state index contributed by atoms with van der Waals surface area (Å²) < 4.78 is 16.3. The second kappa shape index (κ2) is 8.00. The number of rotatable bonds is 6. The predicted molar refractivity (Wildman–Crippen MR) is 104 cm³/mol. The Morgan fingerprint density at radius 1 is 1.22 bits per heavy atom. The Bertz CT molecular complexity index is 820. The van der Waals surface area contributed by atoms with E-state index in [1.807, 2.05) is 15.5 Å². The number of carbonyl (C=O) groups excluding carboxylic acids is 1. The summed E-state index contributed by atoms with van der Waals surface area (Å²) in [6.45, 7) is 3.00. The lowest BCUT2D eigenvalue weighted by Gasteiger charge is -2.35. The van der Waals surface area contributed by atoms with Crippen molar-refractivity contribution in [1.29, 1.82) is 0 Å². The Balaban J connectivity index is 1.51. The first-order valence-corrected chi connectivity index (χ1v) is 10.8. The van der Waals surface area contributed by atoms with E-state index in [1.165, 1.54) is 24.2 Å². The molecule has 1 atom stereocenters. The number of piperidine rings is 1. The monoisotopic (exact) mass is 388 g/mol. The van der Waals surface area contributed by atoms with Crippen LogP contribution in [-0.2, 0) is 4.79 Å². The van der Waals surface area contributed by atoms with E-state index in [4.69, 9.17) is 0 Å². The first kappa shape index (κ1) is 18.5. The third-order valence-corrected chi connectivity index (χ3v) is 6.36. The number of thioether (sulfide) groups is 1. The second-order valence-electron chi connectivity index (χ2n) is 7.32. The quantitative estimate of drug-likeness (QED) is 0.692. The minimum absolute atomic E-state index is 0.171. The van der Waals surface area contributed by atoms with E-state index < -0.39 is 0 Å². The number of nitrogens with zero attached hydrogens (tertiary/aromatic N) is 4. The number of amides is 1. The molecule has 1 amide bonds. The van der Waals surface area contributed by atoms with Gasteiger partial charge in [-0.05, 0) is 50.7 Å². The first-order valence-electron chi connectivity index (χ1n) is 9.81. The normalized spacial score (nSPS) is 20.1. The lowest BCUT2D eigenvalue weighted by Crippen LogP contribution is -2.44. The fraction of sp³-hybridized carbons (Fsp3) is 0.550. The maximum absolute atomic E-state index is 14.2. The van der Waals surface area contributed by atoms with E-state index in [-0.39, 0.29) is 11.7 Å². The van der Waals surface area contributed by atoms with Gasteiger partial charge in [-0.2, -0.15) is 0 Å². The molecule has 1 saturated carbocycles. The second-order valence-corrected chi connectivity index (χ2v) is 8.26. The van der Waals surface area contributed by atoms with Crippen molar-refractivity contribution in [1.82, 2.24) is 19.7 Å². The number of aromatic nitrogens is 3. The van der Waals surface area contributed by atoms with Gasteiger partial charge in [0.1, 0.15) is 5.82 Å². The van der Waals surface area contributed by atoms with Crippen LogP contribution in [0.1, 0.15) is 51.5 Å². The van der Waals surface area contributed by atoms with Crippen LogP contribution < -0.4 is 0 Å². The van der Waals surface area contributed by atoms with Crippen molar-refractivity contribution in [2.45, 2.75) is 62.7 Å². The van der Waals surface area contributed by atoms with Gasteiger partial charge in [0.15, 0.2) is 11.0 Å². The molecule has 0 radical (unpaired) electrons. The molecule has 4 rings (SSSR count). The van der Waals surface area contributed by atoms with Gasteiger partial charge in [0.2, 0.25) is 5.91 Å². The van der Waals surface area contributed by atoms with Crippen molar-refractivity contribution in [2.24, 2.45) is 0 Å². The highest BCUT2D eigenvalue weighted by molar-refractivity contribution is 7.99. The molecule has 27 heavy (non-hydrogen) atoms. The summed E-state index contributed by atoms with van der Waals surface area (Å²) in [6.07, 6.45) is 6.49. The first-order chi connectivity index (χ1) is 13.2. The molecular weight excluding hydrogens is 363 g/mol. The van der Waals surface area contributed by atoms with E-state index in [2.05, 4.69) is 17.1 Å². The van der Waals surface area contributed by atoms with Crippen molar-refractivity contribution in [3.63, 3.8) is 0 Å². The molecule has 5 nitrogen and oxygen atoms in total. The topological polar surface area (TPSA) is 51.0 Å². The Kier molecular flexibility index (Phi) is 5.48. The van der Waals surface area contributed by atoms with Gasteiger partial charge in [-0.3, -0.25) is 9.36 Å². The molecule has 144 valence electrons. The molecule has 0 N–H and O–H groups in total. The molecular formula is C20H25FN4OS. The fourth-order valence-corrected chi connectivity index (χ4v) is 4.72. The van der Waals surface area contributed by atoms with E-state index in [0.717, 1.165) is 38.6 Å². The molecule has 2 fully saturated rings. The van der Waals surface area contributed by atoms with Crippen LogP contribution in [0, 0.1) is 5.82 Å². The van der Waals surface area contributed by atoms with Gasteiger partial charge in [-0.1, -0.05) is 30.8 Å². The predicted octanol–water partition coefficient (Wildman–Crippen LogP) is 4.30. The van der Waals surface area contributed by atoms with Crippen LogP contribution in [0.4, 0.5) is 4.39 Å². The van der Waals surface area contributed by atoms with Crippen molar-refractivity contribution in [3.05, 3.63) is 30.1 Å². The smallest absolute Gasteiger partial charge is 0.233 e. The van der Waals surface area contributed by atoms with E-state index in [9.17, 15) is 9.18 Å². The van der Waals surface area contributed by atoms with Gasteiger partial charge >= 0.3 is 0 Å². The van der Waals surface area contributed by atoms with Crippen molar-refractivity contribution in [2.75, 3.05) is 12.3 Å². The molecule has 1 aliphatic heterocycles. The van der Waals surface area contributed by atoms with E-state index in [1.54, 1.807) is 12.1 Å². The van der Waals surface area contributed by atoms with Gasteiger partial charge in [0.05, 0.1) is 11.3 Å². The van der Waals surface area contributed by atoms with Gasteiger partial charge in [-0.15, -0.1) is 10.2 Å². The van der Waals surface area contributed by atoms with E-state index in [0.29, 0.717) is 34.4 Å². The van der Waals surface area contributed by atoms with E-state index >= 15 is 0 Å². The molecule has 1 aromatic carbocycles. The fourth-order valence-electron chi connectivity index (χ4n) is 3.83. The third-order valence-electron chi connectivity index (χ3n) is 5.43. The van der Waals surface area contributed by atoms with Gasteiger partial charge in [0.25, 0.3) is 0 Å². The largest absolute Gasteiger partial charge is 0.339 e. The third kappa shape index (κ3) is 3.88. The van der Waals surface area contributed by atoms with Gasteiger partial charge in [-0.25, -0.2) is 4.39 Å². The highest BCUT2D eigenvalue weighted by Gasteiger charge is 2.32. The number of likely N-dealkylation sites (tertiary alicyclic amines) is 1. The van der Waals surface area contributed by atoms with Crippen LogP contribution in [0.15, 0.2) is 29.4 Å². The lowest BCUT2D eigenvalue weighted by molar-refractivity contribution is -0.132. The number of hydrogen-bond donors (Lipinski definition) is 0. The molecule has 1 aromatic heterocycles. The van der Waals surface area contributed by atoms with Gasteiger partial charge < -0.3 is 4.90 Å². The summed E-state index contributed by atoms with van der Waals surface area (Å²) >= 11 is 1.43. The summed E-state index contributed by atoms with van der Waals surface area (Å²) in [7, 11) is 0. The Morgan fingerprint density at radius 2 is 2.04 bits per heavy atom. The van der Waals surface area contributed by atoms with Crippen molar-refractivity contribution >= 4 is 17.7 Å². The maximum Gasteiger partial charge on any atom is 0.233 e. The Morgan fingerprint density at radius 3 is 2.78 bits per heavy atom. The summed E-state index contributed by atoms with van der Waals surface area (Å²) in [5.41, 5.74) is 0.470. The average molecular weight is 389 g/mol. The van der Waals surface area contributed by atoms with Crippen LogP contribution in [0.2, 0.25) is 0 Å². The standard InChI is InChI=1S/C20H25FN4OS/c1-2-14-7-5-6-12-24(14)18(26)13-27-20-23-22-19(25(20)15-10-11-15)16-8-3-4-9-17(16)21/h3-4,8-9,14-15H,2,5-7,10-13H2,1H3/t14-/m0/s1. The molecule has 1 saturated heterocycles. The molecule has 2 heterocycles. The molecule has 0 bridgehead atoms. The zero-order chi connectivity index (χ0) is 18.8. The maximum atomic E-state index is 14.2. The SMILES string of the molecule is CC[C@H]1CCCCN1C(=O)CSc1nnc(-c2ccccc2F)n1C1CC1. The van der Waals surface area contributed by atoms with Crippen molar-refractivity contribution < 1.29 is 9.18 Å². The Labute approximate surface area is 163 Å². The summed E-state index contributed by atoms with van der Waals surface area (Å²) in [5.74, 6) is 0.802. The number of benzene rings is 1. The lowest BCUT2D eigenvalue weighted by atomic mass is 10.0. The molecule has 1 aliphatic carbocycles. The highest BCUT2D eigenvalue weighted by atomic mass is 32.2. The summed E-state index contributed by atoms with van der Waals surface area (Å²) in [4.78, 5) is 14.8. The highest BCUT2D eigenvalue weighted by Crippen LogP contribution is 2.41. The molecule has 7 heteroatoms. The number of halogens is 1. The van der Waals surface area contributed by atoms with Crippen molar-refractivity contribution in [3.8, 4) is 11.4 Å². The zero-order valence-electron chi connectivity index (χ0n) is 15.6. The summed E-state index contributed by atoms with van der Waals surface area (Å²) in [6, 6.07) is 7.33. The van der Waals surface area contributed by atoms with Crippen LogP contribution in [0.25, 0.3) is 11.4 Å². The molecule has 2 aliphatic rings.